The van der Waals surface area contributed by atoms with E-state index >= 15 is 0 Å². The molecule has 0 heterocycles. The van der Waals surface area contributed by atoms with E-state index in [0.717, 1.165) is 19.6 Å². The van der Waals surface area contributed by atoms with Crippen molar-refractivity contribution in [2.75, 3.05) is 40.4 Å². The van der Waals surface area contributed by atoms with Crippen molar-refractivity contribution in [1.82, 2.24) is 9.80 Å². The first kappa shape index (κ1) is 14.4. The van der Waals surface area contributed by atoms with Crippen LogP contribution < -0.4 is 5.73 Å². The second-order valence-electron chi connectivity index (χ2n) is 2.70. The topological polar surface area (TPSA) is 32.5 Å². The first-order chi connectivity index (χ1) is 5.70. The lowest BCUT2D eigenvalue weighted by atomic mass is 10.5. The fourth-order valence-corrected chi connectivity index (χ4v) is 0.720. The van der Waals surface area contributed by atoms with E-state index in [1.54, 1.807) is 0 Å². The minimum absolute atomic E-state index is 0.671. The predicted molar refractivity (Wildman–Crippen MR) is 56.2 cm³/mol. The average Bonchev–Trinajstić information content (AvgIpc) is 2.09. The van der Waals surface area contributed by atoms with Gasteiger partial charge in [0.25, 0.3) is 0 Å². The standard InChI is InChI=1S/C7H19N3.C2H6/c1-4-10(7-8)6-5-9(2)3;1-2/h4-8H2,1-3H3;1-2H3. The molecule has 0 aliphatic carbocycles. The molecule has 76 valence electrons. The van der Waals surface area contributed by atoms with Crippen LogP contribution in [0.15, 0.2) is 0 Å². The highest BCUT2D eigenvalue weighted by atomic mass is 15.2. The molecule has 0 aliphatic heterocycles. The maximum atomic E-state index is 5.48. The number of nitrogens with zero attached hydrogens (tertiary/aromatic N) is 2. The largest absolute Gasteiger partial charge is 0.318 e. The number of hydrogen-bond donors (Lipinski definition) is 1. The molecule has 0 spiro atoms. The molecule has 0 rings (SSSR count). The smallest absolute Gasteiger partial charge is 0.0455 e. The summed E-state index contributed by atoms with van der Waals surface area (Å²) in [7, 11) is 4.15. The van der Waals surface area contributed by atoms with Gasteiger partial charge < -0.3 is 10.6 Å². The number of likely N-dealkylation sites (N-methyl/N-ethyl adjacent to an activating group) is 2. The molecule has 0 aromatic rings. The Kier molecular flexibility index (Phi) is 13.1. The summed E-state index contributed by atoms with van der Waals surface area (Å²) in [6, 6.07) is 0. The summed E-state index contributed by atoms with van der Waals surface area (Å²) in [6.45, 7) is 10.0. The molecule has 0 aliphatic rings. The Morgan fingerprint density at radius 1 is 1.08 bits per heavy atom. The van der Waals surface area contributed by atoms with Crippen molar-refractivity contribution in [1.29, 1.82) is 0 Å². The molecule has 0 unspecified atom stereocenters. The van der Waals surface area contributed by atoms with Gasteiger partial charge in [-0.2, -0.15) is 0 Å². The molecular weight excluding hydrogens is 150 g/mol. The molecule has 3 nitrogen and oxygen atoms in total. The lowest BCUT2D eigenvalue weighted by molar-refractivity contribution is 0.257. The molecule has 0 bridgehead atoms. The Morgan fingerprint density at radius 3 is 1.83 bits per heavy atom. The van der Waals surface area contributed by atoms with Crippen molar-refractivity contribution >= 4 is 0 Å². The van der Waals surface area contributed by atoms with Crippen LogP contribution in [-0.4, -0.2) is 50.2 Å². The molecule has 0 amide bonds. The highest BCUT2D eigenvalue weighted by Gasteiger charge is 1.97. The molecule has 0 aromatic heterocycles. The zero-order valence-electron chi connectivity index (χ0n) is 9.30. The van der Waals surface area contributed by atoms with Crippen molar-refractivity contribution in [3.63, 3.8) is 0 Å². The third kappa shape index (κ3) is 9.88. The van der Waals surface area contributed by atoms with Crippen molar-refractivity contribution in [3.05, 3.63) is 0 Å². The Morgan fingerprint density at radius 2 is 1.58 bits per heavy atom. The maximum Gasteiger partial charge on any atom is 0.0455 e. The first-order valence-corrected chi connectivity index (χ1v) is 4.77. The Bertz CT molecular complexity index is 70.2. The van der Waals surface area contributed by atoms with E-state index in [9.17, 15) is 0 Å². The van der Waals surface area contributed by atoms with Crippen LogP contribution in [0.3, 0.4) is 0 Å². The third-order valence-corrected chi connectivity index (χ3v) is 1.57. The van der Waals surface area contributed by atoms with Gasteiger partial charge in [0.15, 0.2) is 0 Å². The van der Waals surface area contributed by atoms with Crippen LogP contribution in [0.2, 0.25) is 0 Å². The molecule has 2 N–H and O–H groups in total. The van der Waals surface area contributed by atoms with Crippen molar-refractivity contribution in [2.45, 2.75) is 20.8 Å². The lowest BCUT2D eigenvalue weighted by Crippen LogP contribution is -2.35. The Hall–Kier alpha value is -0.120. The van der Waals surface area contributed by atoms with Crippen LogP contribution in [0.1, 0.15) is 20.8 Å². The summed E-state index contributed by atoms with van der Waals surface area (Å²) < 4.78 is 0. The van der Waals surface area contributed by atoms with Gasteiger partial charge in [-0.15, -0.1) is 0 Å². The van der Waals surface area contributed by atoms with Crippen LogP contribution in [0.25, 0.3) is 0 Å². The number of hydrogen-bond acceptors (Lipinski definition) is 3. The molecule has 0 fully saturated rings. The van der Waals surface area contributed by atoms with Crippen molar-refractivity contribution < 1.29 is 0 Å². The summed E-state index contributed by atoms with van der Waals surface area (Å²) in [5, 5.41) is 0. The van der Waals surface area contributed by atoms with Crippen LogP contribution in [-0.2, 0) is 0 Å². The number of nitrogens with two attached hydrogens (primary N) is 1. The highest BCUT2D eigenvalue weighted by Crippen LogP contribution is 1.83. The third-order valence-electron chi connectivity index (χ3n) is 1.57. The first-order valence-electron chi connectivity index (χ1n) is 4.77. The quantitative estimate of drug-likeness (QED) is 0.628. The second-order valence-corrected chi connectivity index (χ2v) is 2.70. The summed E-state index contributed by atoms with van der Waals surface area (Å²) in [6.07, 6.45) is 0. The van der Waals surface area contributed by atoms with Crippen LogP contribution in [0.5, 0.6) is 0 Å². The van der Waals surface area contributed by atoms with E-state index in [1.165, 1.54) is 0 Å². The second kappa shape index (κ2) is 10.9. The van der Waals surface area contributed by atoms with Gasteiger partial charge in [0.2, 0.25) is 0 Å². The van der Waals surface area contributed by atoms with Gasteiger partial charge >= 0.3 is 0 Å². The van der Waals surface area contributed by atoms with Crippen LogP contribution in [0.4, 0.5) is 0 Å². The van der Waals surface area contributed by atoms with Crippen molar-refractivity contribution in [2.24, 2.45) is 5.73 Å². The van der Waals surface area contributed by atoms with Gasteiger partial charge in [-0.1, -0.05) is 20.8 Å². The van der Waals surface area contributed by atoms with E-state index in [-0.39, 0.29) is 0 Å². The highest BCUT2D eigenvalue weighted by molar-refractivity contribution is 4.53. The van der Waals surface area contributed by atoms with Gasteiger partial charge in [0, 0.05) is 19.8 Å². The average molecular weight is 175 g/mol. The van der Waals surface area contributed by atoms with Gasteiger partial charge in [-0.25, -0.2) is 0 Å². The minimum atomic E-state index is 0.671. The zero-order valence-corrected chi connectivity index (χ0v) is 9.30. The lowest BCUT2D eigenvalue weighted by Gasteiger charge is -2.19. The SMILES string of the molecule is CC.CCN(CN)CCN(C)C. The monoisotopic (exact) mass is 175 g/mol. The summed E-state index contributed by atoms with van der Waals surface area (Å²) >= 11 is 0. The van der Waals surface area contributed by atoms with Gasteiger partial charge in [-0.3, -0.25) is 4.90 Å². The Balaban J connectivity index is 0. The molecule has 0 radical (unpaired) electrons. The van der Waals surface area contributed by atoms with E-state index in [0.29, 0.717) is 6.67 Å². The van der Waals surface area contributed by atoms with E-state index < -0.39 is 0 Å². The minimum Gasteiger partial charge on any atom is -0.318 e. The van der Waals surface area contributed by atoms with Gasteiger partial charge in [0.1, 0.15) is 0 Å². The zero-order chi connectivity index (χ0) is 9.98. The van der Waals surface area contributed by atoms with E-state index in [1.807, 2.05) is 13.8 Å². The van der Waals surface area contributed by atoms with Gasteiger partial charge in [0.05, 0.1) is 0 Å². The summed E-state index contributed by atoms with van der Waals surface area (Å²) in [4.78, 5) is 4.37. The van der Waals surface area contributed by atoms with Crippen LogP contribution in [0, 0.1) is 0 Å². The molecule has 0 saturated heterocycles. The molecule has 0 atom stereocenters. The fourth-order valence-electron chi connectivity index (χ4n) is 0.720. The van der Waals surface area contributed by atoms with E-state index in [2.05, 4.69) is 30.8 Å². The predicted octanol–water partition coefficient (Wildman–Crippen LogP) is 0.812. The van der Waals surface area contributed by atoms with Crippen LogP contribution >= 0.6 is 0 Å². The maximum absolute atomic E-state index is 5.48. The summed E-state index contributed by atoms with van der Waals surface area (Å²) in [5.74, 6) is 0. The number of rotatable bonds is 5. The molecular formula is C9H25N3. The fraction of sp³-hybridized carbons (Fsp3) is 1.00. The molecule has 3 heteroatoms. The van der Waals surface area contributed by atoms with Crippen molar-refractivity contribution in [3.8, 4) is 0 Å². The summed E-state index contributed by atoms with van der Waals surface area (Å²) in [5.41, 5.74) is 5.48. The van der Waals surface area contributed by atoms with Gasteiger partial charge in [-0.05, 0) is 20.6 Å². The Labute approximate surface area is 77.5 Å². The molecule has 0 aromatic carbocycles. The van der Waals surface area contributed by atoms with E-state index in [4.69, 9.17) is 5.73 Å². The molecule has 0 saturated carbocycles. The normalized spacial score (nSPS) is 10.0. The molecule has 12 heavy (non-hydrogen) atoms.